The highest BCUT2D eigenvalue weighted by Crippen LogP contribution is 2.20. The van der Waals surface area contributed by atoms with Crippen LogP contribution in [0.1, 0.15) is 18.4 Å². The van der Waals surface area contributed by atoms with Gasteiger partial charge in [-0.05, 0) is 29.3 Å². The first-order chi connectivity index (χ1) is 6.81. The average molecular weight is 181 g/mol. The standard InChI is InChI=1S/C13H11N/c1-10(9-14)12-7-6-11-4-2-3-5-13(11)8-12/h2-8,10H,1H3/t10-/m0/s1. The first-order valence-electron chi connectivity index (χ1n) is 4.69. The largest absolute Gasteiger partial charge is 0.198 e. The summed E-state index contributed by atoms with van der Waals surface area (Å²) in [5, 5.41) is 11.2. The van der Waals surface area contributed by atoms with E-state index in [1.54, 1.807) is 0 Å². The Hall–Kier alpha value is -1.81. The Balaban J connectivity index is 2.58. The maximum Gasteiger partial charge on any atom is 0.0700 e. The summed E-state index contributed by atoms with van der Waals surface area (Å²) in [4.78, 5) is 0. The molecule has 0 aromatic heterocycles. The van der Waals surface area contributed by atoms with Crippen LogP contribution in [0.15, 0.2) is 42.5 Å². The van der Waals surface area contributed by atoms with Crippen LogP contribution in [-0.2, 0) is 0 Å². The minimum Gasteiger partial charge on any atom is -0.198 e. The molecule has 0 aliphatic heterocycles. The second-order valence-electron chi connectivity index (χ2n) is 3.46. The molecule has 2 aromatic rings. The van der Waals surface area contributed by atoms with Crippen molar-refractivity contribution in [3.63, 3.8) is 0 Å². The summed E-state index contributed by atoms with van der Waals surface area (Å²) in [7, 11) is 0. The van der Waals surface area contributed by atoms with Crippen molar-refractivity contribution in [2.45, 2.75) is 12.8 Å². The molecule has 0 fully saturated rings. The molecule has 0 amide bonds. The molecule has 0 spiro atoms. The third kappa shape index (κ3) is 1.47. The van der Waals surface area contributed by atoms with Crippen molar-refractivity contribution in [3.05, 3.63) is 48.0 Å². The van der Waals surface area contributed by atoms with E-state index in [1.165, 1.54) is 10.8 Å². The van der Waals surface area contributed by atoms with Crippen LogP contribution in [0.3, 0.4) is 0 Å². The highest BCUT2D eigenvalue weighted by Gasteiger charge is 2.03. The summed E-state index contributed by atoms with van der Waals surface area (Å²) in [5.74, 6) is -0.0281. The number of nitriles is 1. The molecular formula is C13H11N. The first-order valence-corrected chi connectivity index (χ1v) is 4.69. The molecule has 68 valence electrons. The van der Waals surface area contributed by atoms with Crippen molar-refractivity contribution in [1.82, 2.24) is 0 Å². The van der Waals surface area contributed by atoms with Gasteiger partial charge in [0.15, 0.2) is 0 Å². The highest BCUT2D eigenvalue weighted by atomic mass is 14.3. The van der Waals surface area contributed by atoms with Crippen LogP contribution in [0.4, 0.5) is 0 Å². The second-order valence-corrected chi connectivity index (χ2v) is 3.46. The van der Waals surface area contributed by atoms with Crippen LogP contribution in [-0.4, -0.2) is 0 Å². The fourth-order valence-corrected chi connectivity index (χ4v) is 1.55. The number of fused-ring (bicyclic) bond motifs is 1. The molecule has 1 heteroatoms. The van der Waals surface area contributed by atoms with Gasteiger partial charge in [-0.2, -0.15) is 5.26 Å². The quantitative estimate of drug-likeness (QED) is 0.660. The molecule has 2 rings (SSSR count). The Morgan fingerprint density at radius 1 is 1.07 bits per heavy atom. The van der Waals surface area contributed by atoms with Crippen molar-refractivity contribution in [2.75, 3.05) is 0 Å². The number of hydrogen-bond acceptors (Lipinski definition) is 1. The third-order valence-electron chi connectivity index (χ3n) is 2.47. The monoisotopic (exact) mass is 181 g/mol. The minimum atomic E-state index is -0.0281. The van der Waals surface area contributed by atoms with E-state index in [0.29, 0.717) is 0 Å². The van der Waals surface area contributed by atoms with Crippen LogP contribution in [0.25, 0.3) is 10.8 Å². The SMILES string of the molecule is C[C@@H](C#N)c1ccc2ccccc2c1. The zero-order chi connectivity index (χ0) is 9.97. The molecule has 0 aliphatic rings. The number of benzene rings is 2. The van der Waals surface area contributed by atoms with Gasteiger partial charge in [0.2, 0.25) is 0 Å². The summed E-state index contributed by atoms with van der Waals surface area (Å²) in [6.45, 7) is 1.92. The predicted octanol–water partition coefficient (Wildman–Crippen LogP) is 3.47. The first kappa shape index (κ1) is 8.77. The minimum absolute atomic E-state index is 0.0281. The van der Waals surface area contributed by atoms with E-state index in [1.807, 2.05) is 25.1 Å². The summed E-state index contributed by atoms with van der Waals surface area (Å²) < 4.78 is 0. The Morgan fingerprint density at radius 2 is 1.79 bits per heavy atom. The van der Waals surface area contributed by atoms with Gasteiger partial charge in [0.1, 0.15) is 0 Å². The second kappa shape index (κ2) is 3.51. The van der Waals surface area contributed by atoms with Crippen LogP contribution in [0.5, 0.6) is 0 Å². The topological polar surface area (TPSA) is 23.8 Å². The molecule has 0 radical (unpaired) electrons. The molecule has 14 heavy (non-hydrogen) atoms. The average Bonchev–Trinajstić information content (AvgIpc) is 2.27. The molecule has 0 N–H and O–H groups in total. The van der Waals surface area contributed by atoms with E-state index in [4.69, 9.17) is 5.26 Å². The highest BCUT2D eigenvalue weighted by molar-refractivity contribution is 5.83. The zero-order valence-electron chi connectivity index (χ0n) is 8.07. The smallest absolute Gasteiger partial charge is 0.0700 e. The van der Waals surface area contributed by atoms with Crippen LogP contribution < -0.4 is 0 Å². The lowest BCUT2D eigenvalue weighted by molar-refractivity contribution is 0.985. The Morgan fingerprint density at radius 3 is 2.50 bits per heavy atom. The van der Waals surface area contributed by atoms with Gasteiger partial charge >= 0.3 is 0 Å². The molecule has 0 saturated heterocycles. The van der Waals surface area contributed by atoms with Crippen molar-refractivity contribution in [1.29, 1.82) is 5.26 Å². The maximum atomic E-state index is 8.81. The van der Waals surface area contributed by atoms with Gasteiger partial charge in [-0.25, -0.2) is 0 Å². The van der Waals surface area contributed by atoms with Crippen molar-refractivity contribution in [3.8, 4) is 6.07 Å². The van der Waals surface area contributed by atoms with Gasteiger partial charge in [0, 0.05) is 0 Å². The third-order valence-corrected chi connectivity index (χ3v) is 2.47. The number of nitrogens with zero attached hydrogens (tertiary/aromatic N) is 1. The molecular weight excluding hydrogens is 170 g/mol. The Bertz CT molecular complexity index is 494. The molecule has 0 saturated carbocycles. The van der Waals surface area contributed by atoms with Crippen molar-refractivity contribution >= 4 is 10.8 Å². The summed E-state index contributed by atoms with van der Waals surface area (Å²) in [5.41, 5.74) is 1.09. The van der Waals surface area contributed by atoms with E-state index in [9.17, 15) is 0 Å². The van der Waals surface area contributed by atoms with Crippen molar-refractivity contribution in [2.24, 2.45) is 0 Å². The van der Waals surface area contributed by atoms with E-state index >= 15 is 0 Å². The van der Waals surface area contributed by atoms with Crippen molar-refractivity contribution < 1.29 is 0 Å². The summed E-state index contributed by atoms with van der Waals surface area (Å²) in [6.07, 6.45) is 0. The lowest BCUT2D eigenvalue weighted by Gasteiger charge is -2.04. The molecule has 0 aliphatic carbocycles. The Kier molecular flexibility index (Phi) is 2.20. The normalized spacial score (nSPS) is 12.3. The van der Waals surface area contributed by atoms with Gasteiger partial charge in [-0.1, -0.05) is 36.4 Å². The summed E-state index contributed by atoms with van der Waals surface area (Å²) >= 11 is 0. The van der Waals surface area contributed by atoms with E-state index in [0.717, 1.165) is 5.56 Å². The van der Waals surface area contributed by atoms with Gasteiger partial charge in [-0.3, -0.25) is 0 Å². The van der Waals surface area contributed by atoms with Crippen LogP contribution >= 0.6 is 0 Å². The number of rotatable bonds is 1. The molecule has 1 atom stereocenters. The van der Waals surface area contributed by atoms with Gasteiger partial charge in [-0.15, -0.1) is 0 Å². The molecule has 0 bridgehead atoms. The van der Waals surface area contributed by atoms with Crippen LogP contribution in [0, 0.1) is 11.3 Å². The Labute approximate surface area is 83.6 Å². The van der Waals surface area contributed by atoms with E-state index < -0.39 is 0 Å². The van der Waals surface area contributed by atoms with Gasteiger partial charge in [0.05, 0.1) is 12.0 Å². The van der Waals surface area contributed by atoms with Gasteiger partial charge < -0.3 is 0 Å². The maximum absolute atomic E-state index is 8.81. The lowest BCUT2D eigenvalue weighted by atomic mass is 9.99. The molecule has 1 nitrogen and oxygen atoms in total. The fourth-order valence-electron chi connectivity index (χ4n) is 1.55. The van der Waals surface area contributed by atoms with Gasteiger partial charge in [0.25, 0.3) is 0 Å². The predicted molar refractivity (Wildman–Crippen MR) is 58.0 cm³/mol. The molecule has 2 aromatic carbocycles. The summed E-state index contributed by atoms with van der Waals surface area (Å²) in [6, 6.07) is 16.6. The number of hydrogen-bond donors (Lipinski definition) is 0. The zero-order valence-corrected chi connectivity index (χ0v) is 8.07. The van der Waals surface area contributed by atoms with E-state index in [2.05, 4.69) is 30.3 Å². The fraction of sp³-hybridized carbons (Fsp3) is 0.154. The molecule has 0 heterocycles. The van der Waals surface area contributed by atoms with E-state index in [-0.39, 0.29) is 5.92 Å². The van der Waals surface area contributed by atoms with Crippen LogP contribution in [0.2, 0.25) is 0 Å². The molecule has 0 unspecified atom stereocenters. The lowest BCUT2D eigenvalue weighted by Crippen LogP contribution is -1.88.